The molecule has 15 rings (SSSR count). The zero-order chi connectivity index (χ0) is 47.3. The first kappa shape index (κ1) is 40.2. The lowest BCUT2D eigenvalue weighted by atomic mass is 9.92. The largest absolute Gasteiger partial charge is 0.309 e. The van der Waals surface area contributed by atoms with Gasteiger partial charge in [-0.25, -0.2) is 15.0 Å². The zero-order valence-corrected chi connectivity index (χ0v) is 38.9. The van der Waals surface area contributed by atoms with Crippen LogP contribution in [0.2, 0.25) is 0 Å². The predicted molar refractivity (Wildman–Crippen MR) is 300 cm³/mol. The molecule has 0 bridgehead atoms. The number of benzene rings is 12. The van der Waals surface area contributed by atoms with E-state index >= 15 is 0 Å². The molecule has 15 aromatic rings. The van der Waals surface area contributed by atoms with E-state index < -0.39 is 0 Å². The van der Waals surface area contributed by atoms with Crippen molar-refractivity contribution >= 4 is 86.7 Å². The lowest BCUT2D eigenvalue weighted by Gasteiger charge is -2.17. The van der Waals surface area contributed by atoms with Crippen LogP contribution in [-0.2, 0) is 0 Å². The highest BCUT2D eigenvalue weighted by molar-refractivity contribution is 6.28. The van der Waals surface area contributed by atoms with Crippen LogP contribution in [0.15, 0.2) is 249 Å². The summed E-state index contributed by atoms with van der Waals surface area (Å²) in [6.07, 6.45) is 0. The summed E-state index contributed by atoms with van der Waals surface area (Å²) in [6.45, 7) is 0. The van der Waals surface area contributed by atoms with Crippen molar-refractivity contribution < 1.29 is 0 Å². The molecule has 0 aliphatic heterocycles. The summed E-state index contributed by atoms with van der Waals surface area (Å²) >= 11 is 0. The molecule has 0 spiro atoms. The van der Waals surface area contributed by atoms with Crippen LogP contribution in [0.4, 0.5) is 0 Å². The second-order valence-electron chi connectivity index (χ2n) is 18.7. The molecule has 0 atom stereocenters. The van der Waals surface area contributed by atoms with Gasteiger partial charge in [-0.3, -0.25) is 0 Å². The quantitative estimate of drug-likeness (QED) is 0.156. The van der Waals surface area contributed by atoms with Gasteiger partial charge in [-0.1, -0.05) is 188 Å². The second kappa shape index (κ2) is 15.9. The fourth-order valence-electron chi connectivity index (χ4n) is 11.5. The molecule has 0 saturated carbocycles. The van der Waals surface area contributed by atoms with Crippen LogP contribution in [-0.4, -0.2) is 24.1 Å². The van der Waals surface area contributed by atoms with Gasteiger partial charge in [0.15, 0.2) is 17.5 Å². The first-order valence-electron chi connectivity index (χ1n) is 24.5. The molecule has 0 fully saturated rings. The molecule has 3 aromatic heterocycles. The minimum absolute atomic E-state index is 0.634. The van der Waals surface area contributed by atoms with Crippen LogP contribution < -0.4 is 0 Å². The van der Waals surface area contributed by atoms with E-state index in [1.165, 1.54) is 81.4 Å². The molecule has 0 aliphatic rings. The summed E-state index contributed by atoms with van der Waals surface area (Å²) in [5.41, 5.74) is 12.2. The average molecular weight is 916 g/mol. The van der Waals surface area contributed by atoms with Crippen molar-refractivity contribution in [2.45, 2.75) is 0 Å². The average Bonchev–Trinajstić information content (AvgIpc) is 3.98. The number of hydrogen-bond donors (Lipinski definition) is 0. The Labute approximate surface area is 414 Å². The highest BCUT2D eigenvalue weighted by Crippen LogP contribution is 2.44. The Kier molecular flexibility index (Phi) is 8.89. The second-order valence-corrected chi connectivity index (χ2v) is 18.7. The van der Waals surface area contributed by atoms with E-state index in [1.54, 1.807) is 0 Å². The summed E-state index contributed by atoms with van der Waals surface area (Å²) in [5, 5.41) is 14.5. The van der Waals surface area contributed by atoms with Crippen LogP contribution in [0.1, 0.15) is 0 Å². The molecule has 0 aliphatic carbocycles. The summed E-state index contributed by atoms with van der Waals surface area (Å²) < 4.78 is 4.89. The smallest absolute Gasteiger partial charge is 0.164 e. The van der Waals surface area contributed by atoms with Crippen LogP contribution in [0.25, 0.3) is 143 Å². The highest BCUT2D eigenvalue weighted by atomic mass is 15.0. The van der Waals surface area contributed by atoms with Crippen LogP contribution >= 0.6 is 0 Å². The van der Waals surface area contributed by atoms with E-state index in [0.717, 1.165) is 44.5 Å². The van der Waals surface area contributed by atoms with Crippen molar-refractivity contribution in [1.29, 1.82) is 0 Å². The summed E-state index contributed by atoms with van der Waals surface area (Å²) in [7, 11) is 0. The molecule has 334 valence electrons. The van der Waals surface area contributed by atoms with E-state index in [2.05, 4.69) is 221 Å². The van der Waals surface area contributed by atoms with Gasteiger partial charge in [-0.2, -0.15) is 0 Å². The van der Waals surface area contributed by atoms with Crippen LogP contribution in [0, 0.1) is 0 Å². The third-order valence-electron chi connectivity index (χ3n) is 14.7. The standard InChI is InChI=1S/C67H41N5/c1-4-18-43(19-5-1)65-68-66(44-20-6-2-7-21-44)70-67(69-65)47-31-35-51-50-25-12-13-27-53(50)64-54(55(51)41-47)28-16-30-61(64)72-58-29-15-14-26-52(58)56-39-45(33-36-59(56)72)46-34-37-60-57(40-46)63-49-24-11-10-17-42(49)32-38-62(63)71(60)48-22-8-3-9-23-48/h1-41H. The molecular weight excluding hydrogens is 875 g/mol. The van der Waals surface area contributed by atoms with Crippen molar-refractivity contribution in [3.05, 3.63) is 249 Å². The first-order chi connectivity index (χ1) is 35.7. The number of nitrogens with zero attached hydrogens (tertiary/aromatic N) is 5. The number of para-hydroxylation sites is 2. The van der Waals surface area contributed by atoms with Crippen LogP contribution in [0.3, 0.4) is 0 Å². The van der Waals surface area contributed by atoms with Crippen molar-refractivity contribution in [3.63, 3.8) is 0 Å². The van der Waals surface area contributed by atoms with E-state index in [0.29, 0.717) is 17.5 Å². The monoisotopic (exact) mass is 915 g/mol. The minimum Gasteiger partial charge on any atom is -0.309 e. The fourth-order valence-corrected chi connectivity index (χ4v) is 11.5. The molecule has 0 amide bonds. The van der Waals surface area contributed by atoms with E-state index in [4.69, 9.17) is 15.0 Å². The Morgan fingerprint density at radius 2 is 0.722 bits per heavy atom. The van der Waals surface area contributed by atoms with Gasteiger partial charge in [-0.05, 0) is 109 Å². The molecule has 0 saturated heterocycles. The fraction of sp³-hybridized carbons (Fsp3) is 0. The van der Waals surface area contributed by atoms with Crippen molar-refractivity contribution in [2.24, 2.45) is 0 Å². The molecule has 3 heterocycles. The molecule has 0 radical (unpaired) electrons. The normalized spacial score (nSPS) is 11.9. The minimum atomic E-state index is 0.634. The van der Waals surface area contributed by atoms with Gasteiger partial charge in [0, 0.05) is 49.3 Å². The Morgan fingerprint density at radius 3 is 1.44 bits per heavy atom. The third kappa shape index (κ3) is 6.17. The molecule has 72 heavy (non-hydrogen) atoms. The van der Waals surface area contributed by atoms with E-state index in [9.17, 15) is 0 Å². The third-order valence-corrected chi connectivity index (χ3v) is 14.7. The maximum absolute atomic E-state index is 5.13. The number of rotatable bonds is 6. The Bertz CT molecular complexity index is 4610. The Balaban J connectivity index is 0.932. The predicted octanol–water partition coefficient (Wildman–Crippen LogP) is 17.3. The van der Waals surface area contributed by atoms with Gasteiger partial charge >= 0.3 is 0 Å². The van der Waals surface area contributed by atoms with Gasteiger partial charge in [0.2, 0.25) is 0 Å². The first-order valence-corrected chi connectivity index (χ1v) is 24.5. The van der Waals surface area contributed by atoms with Crippen molar-refractivity contribution in [3.8, 4) is 56.7 Å². The highest BCUT2D eigenvalue weighted by Gasteiger charge is 2.21. The van der Waals surface area contributed by atoms with Gasteiger partial charge in [0.05, 0.1) is 27.8 Å². The van der Waals surface area contributed by atoms with Crippen molar-refractivity contribution in [2.75, 3.05) is 0 Å². The maximum Gasteiger partial charge on any atom is 0.164 e. The van der Waals surface area contributed by atoms with E-state index in [-0.39, 0.29) is 0 Å². The SMILES string of the molecule is c1ccc(-c2nc(-c3ccccc3)nc(-c3ccc4c5ccccc5c5c(-n6c7ccccc7c7cc(-c8ccc9c(c8)c8c%10ccccc%10ccc8n9-c8ccccc8)ccc76)cccc5c4c3)n2)cc1. The Morgan fingerprint density at radius 1 is 0.236 bits per heavy atom. The lowest BCUT2D eigenvalue weighted by Crippen LogP contribution is -2.00. The number of hydrogen-bond acceptors (Lipinski definition) is 3. The van der Waals surface area contributed by atoms with Gasteiger partial charge in [0.25, 0.3) is 0 Å². The molecule has 5 nitrogen and oxygen atoms in total. The number of fused-ring (bicyclic) bond motifs is 14. The zero-order valence-electron chi connectivity index (χ0n) is 38.9. The summed E-state index contributed by atoms with van der Waals surface area (Å²) in [5.74, 6) is 1.92. The molecule has 0 unspecified atom stereocenters. The summed E-state index contributed by atoms with van der Waals surface area (Å²) in [4.78, 5) is 15.2. The van der Waals surface area contributed by atoms with E-state index in [1.807, 2.05) is 36.4 Å². The van der Waals surface area contributed by atoms with Gasteiger partial charge < -0.3 is 9.13 Å². The summed E-state index contributed by atoms with van der Waals surface area (Å²) in [6, 6.07) is 89.5. The number of aromatic nitrogens is 5. The topological polar surface area (TPSA) is 48.5 Å². The van der Waals surface area contributed by atoms with Crippen LogP contribution in [0.5, 0.6) is 0 Å². The lowest BCUT2D eigenvalue weighted by molar-refractivity contribution is 1.07. The molecule has 5 heteroatoms. The molecular formula is C67H41N5. The van der Waals surface area contributed by atoms with Gasteiger partial charge in [0.1, 0.15) is 0 Å². The molecule has 0 N–H and O–H groups in total. The Hall–Kier alpha value is -9.71. The van der Waals surface area contributed by atoms with Crippen molar-refractivity contribution in [1.82, 2.24) is 24.1 Å². The maximum atomic E-state index is 5.13. The molecule has 12 aromatic carbocycles. The van der Waals surface area contributed by atoms with Gasteiger partial charge in [-0.15, -0.1) is 0 Å².